The maximum absolute atomic E-state index is 2.52. The van der Waals surface area contributed by atoms with E-state index in [0.29, 0.717) is 0 Å². The summed E-state index contributed by atoms with van der Waals surface area (Å²) in [6.45, 7) is 13.2. The smallest absolute Gasteiger partial charge is 0.252 e. The molecule has 1 aromatic heterocycles. The van der Waals surface area contributed by atoms with Gasteiger partial charge in [-0.15, -0.1) is 0 Å². The van der Waals surface area contributed by atoms with E-state index in [0.717, 1.165) is 5.69 Å². The lowest BCUT2D eigenvalue weighted by molar-refractivity contribution is 1.16. The Morgan fingerprint density at radius 3 is 1.17 bits per heavy atom. The summed E-state index contributed by atoms with van der Waals surface area (Å²) in [6.07, 6.45) is 0. The van der Waals surface area contributed by atoms with Crippen molar-refractivity contribution in [3.8, 4) is 5.69 Å². The van der Waals surface area contributed by atoms with Crippen LogP contribution in [0.3, 0.4) is 0 Å². The molecule has 0 aliphatic carbocycles. The first-order chi connectivity index (χ1) is 25.2. The predicted octanol–water partition coefficient (Wildman–Crippen LogP) is 10.7. The Morgan fingerprint density at radius 1 is 0.346 bits per heavy atom. The van der Waals surface area contributed by atoms with E-state index in [1.807, 2.05) is 0 Å². The first-order valence-corrected chi connectivity index (χ1v) is 18.4. The van der Waals surface area contributed by atoms with Crippen LogP contribution in [-0.4, -0.2) is 11.3 Å². The lowest BCUT2D eigenvalue weighted by Gasteiger charge is -2.44. The van der Waals surface area contributed by atoms with E-state index in [9.17, 15) is 0 Å². The van der Waals surface area contributed by atoms with Crippen molar-refractivity contribution in [1.82, 2.24) is 4.57 Å². The van der Waals surface area contributed by atoms with Gasteiger partial charge in [0, 0.05) is 44.9 Å². The highest BCUT2D eigenvalue weighted by Gasteiger charge is 2.43. The second-order valence-corrected chi connectivity index (χ2v) is 15.2. The second kappa shape index (κ2) is 11.3. The van der Waals surface area contributed by atoms with Crippen molar-refractivity contribution in [2.45, 2.75) is 41.5 Å². The Bertz CT molecular complexity index is 2570. The molecule has 0 amide bonds. The van der Waals surface area contributed by atoms with Crippen LogP contribution in [0.15, 0.2) is 133 Å². The van der Waals surface area contributed by atoms with Crippen LogP contribution in [0.5, 0.6) is 0 Å². The molecule has 3 heterocycles. The van der Waals surface area contributed by atoms with Gasteiger partial charge < -0.3 is 14.4 Å². The van der Waals surface area contributed by atoms with Crippen LogP contribution in [-0.2, 0) is 0 Å². The standard InChI is InChI=1S/C48H40BN3/c1-29-7-15-35(16-8-29)50-44-21-13-33(5)25-40(44)49-41-26-34(6)14-22-45(41)51(36-17-9-30(2)10-18-36)47-28-37(27-46(50)48(47)49)52-42-19-11-31(3)23-38(42)39-24-32(4)12-20-43(39)52/h7-28H,1-6H3. The van der Waals surface area contributed by atoms with E-state index >= 15 is 0 Å². The number of nitrogens with zero attached hydrogens (tertiary/aromatic N) is 3. The molecular formula is C48H40BN3. The van der Waals surface area contributed by atoms with Crippen LogP contribution in [0.1, 0.15) is 33.4 Å². The molecule has 250 valence electrons. The van der Waals surface area contributed by atoms with Gasteiger partial charge in [0.15, 0.2) is 0 Å². The van der Waals surface area contributed by atoms with Gasteiger partial charge in [-0.3, -0.25) is 0 Å². The molecule has 3 nitrogen and oxygen atoms in total. The molecule has 0 radical (unpaired) electrons. The Balaban J connectivity index is 1.37. The fourth-order valence-corrected chi connectivity index (χ4v) is 8.83. The molecule has 0 atom stereocenters. The van der Waals surface area contributed by atoms with Crippen molar-refractivity contribution in [2.75, 3.05) is 9.80 Å². The van der Waals surface area contributed by atoms with Gasteiger partial charge in [0.05, 0.1) is 16.7 Å². The minimum Gasteiger partial charge on any atom is -0.311 e. The van der Waals surface area contributed by atoms with E-state index in [1.54, 1.807) is 0 Å². The zero-order valence-corrected chi connectivity index (χ0v) is 30.6. The maximum atomic E-state index is 2.52. The molecule has 2 aliphatic heterocycles. The Kier molecular flexibility index (Phi) is 6.66. The van der Waals surface area contributed by atoms with E-state index < -0.39 is 0 Å². The van der Waals surface area contributed by atoms with Gasteiger partial charge in [-0.05, 0) is 131 Å². The lowest BCUT2D eigenvalue weighted by Crippen LogP contribution is -2.61. The Hall–Kier alpha value is -6.00. The quantitative estimate of drug-likeness (QED) is 0.174. The summed E-state index contributed by atoms with van der Waals surface area (Å²) in [6, 6.07) is 50.9. The van der Waals surface area contributed by atoms with Gasteiger partial charge >= 0.3 is 0 Å². The topological polar surface area (TPSA) is 11.4 Å². The number of hydrogen-bond donors (Lipinski definition) is 0. The lowest BCUT2D eigenvalue weighted by atomic mass is 9.33. The third-order valence-electron chi connectivity index (χ3n) is 11.3. The highest BCUT2D eigenvalue weighted by molar-refractivity contribution is 7.00. The highest BCUT2D eigenvalue weighted by Crippen LogP contribution is 2.46. The van der Waals surface area contributed by atoms with Crippen molar-refractivity contribution in [2.24, 2.45) is 0 Å². The van der Waals surface area contributed by atoms with Crippen molar-refractivity contribution in [3.05, 3.63) is 167 Å². The van der Waals surface area contributed by atoms with E-state index in [2.05, 4.69) is 189 Å². The fourth-order valence-electron chi connectivity index (χ4n) is 8.83. The molecule has 10 rings (SSSR count). The molecule has 0 bridgehead atoms. The van der Waals surface area contributed by atoms with Crippen molar-refractivity contribution in [3.63, 3.8) is 0 Å². The number of aryl methyl sites for hydroxylation is 6. The van der Waals surface area contributed by atoms with Crippen molar-refractivity contribution >= 4 is 79.0 Å². The van der Waals surface area contributed by atoms with Gasteiger partial charge in [0.25, 0.3) is 6.71 Å². The summed E-state index contributed by atoms with van der Waals surface area (Å²) in [5.74, 6) is 0. The third-order valence-corrected chi connectivity index (χ3v) is 11.3. The van der Waals surface area contributed by atoms with Crippen LogP contribution >= 0.6 is 0 Å². The molecular weight excluding hydrogens is 629 g/mol. The zero-order chi connectivity index (χ0) is 35.4. The molecule has 4 heteroatoms. The molecule has 2 aliphatic rings. The number of benzene rings is 7. The highest BCUT2D eigenvalue weighted by atomic mass is 15.2. The summed E-state index contributed by atoms with van der Waals surface area (Å²) >= 11 is 0. The number of fused-ring (bicyclic) bond motifs is 7. The minimum atomic E-state index is 0.0793. The van der Waals surface area contributed by atoms with Crippen LogP contribution < -0.4 is 26.2 Å². The van der Waals surface area contributed by atoms with Crippen molar-refractivity contribution in [1.29, 1.82) is 0 Å². The Morgan fingerprint density at radius 2 is 0.731 bits per heavy atom. The zero-order valence-electron chi connectivity index (χ0n) is 30.6. The average Bonchev–Trinajstić information content (AvgIpc) is 3.45. The van der Waals surface area contributed by atoms with Gasteiger partial charge in [-0.25, -0.2) is 0 Å². The van der Waals surface area contributed by atoms with Crippen LogP contribution in [0.25, 0.3) is 27.5 Å². The number of aromatic nitrogens is 1. The number of anilines is 6. The van der Waals surface area contributed by atoms with Crippen molar-refractivity contribution < 1.29 is 0 Å². The Labute approximate surface area is 306 Å². The molecule has 0 saturated heterocycles. The second-order valence-electron chi connectivity index (χ2n) is 15.2. The maximum Gasteiger partial charge on any atom is 0.252 e. The number of rotatable bonds is 3. The number of hydrogen-bond acceptors (Lipinski definition) is 2. The first-order valence-electron chi connectivity index (χ1n) is 18.4. The van der Waals surface area contributed by atoms with Crippen LogP contribution in [0.4, 0.5) is 34.1 Å². The molecule has 0 unspecified atom stereocenters. The largest absolute Gasteiger partial charge is 0.311 e. The summed E-state index contributed by atoms with van der Waals surface area (Å²) in [4.78, 5) is 5.03. The molecule has 0 saturated carbocycles. The SMILES string of the molecule is Cc1ccc(N2c3ccc(C)cc3B3c4cc(C)ccc4N(c4ccc(C)cc4)c4cc(-n5c6ccc(C)cc6c6cc(C)ccc65)cc2c43)cc1. The summed E-state index contributed by atoms with van der Waals surface area (Å²) in [5, 5.41) is 2.57. The molecule has 7 aromatic carbocycles. The van der Waals surface area contributed by atoms with E-state index in [1.165, 1.54) is 106 Å². The summed E-state index contributed by atoms with van der Waals surface area (Å²) < 4.78 is 2.49. The van der Waals surface area contributed by atoms with Crippen LogP contribution in [0.2, 0.25) is 0 Å². The monoisotopic (exact) mass is 669 g/mol. The third kappa shape index (κ3) is 4.53. The van der Waals surface area contributed by atoms with Gasteiger partial charge in [-0.2, -0.15) is 0 Å². The molecule has 0 N–H and O–H groups in total. The summed E-state index contributed by atoms with van der Waals surface area (Å²) in [7, 11) is 0. The first kappa shape index (κ1) is 30.8. The molecule has 0 fully saturated rings. The average molecular weight is 670 g/mol. The molecule has 0 spiro atoms. The summed E-state index contributed by atoms with van der Waals surface area (Å²) in [5.41, 5.74) is 22.5. The van der Waals surface area contributed by atoms with Gasteiger partial charge in [0.1, 0.15) is 0 Å². The molecule has 8 aromatic rings. The molecule has 52 heavy (non-hydrogen) atoms. The minimum absolute atomic E-state index is 0.0793. The normalized spacial score (nSPS) is 13.1. The van der Waals surface area contributed by atoms with Crippen LogP contribution in [0, 0.1) is 41.5 Å². The van der Waals surface area contributed by atoms with Gasteiger partial charge in [0.2, 0.25) is 0 Å². The van der Waals surface area contributed by atoms with E-state index in [4.69, 9.17) is 0 Å². The predicted molar refractivity (Wildman–Crippen MR) is 223 cm³/mol. The van der Waals surface area contributed by atoms with Gasteiger partial charge in [-0.1, -0.05) is 94.0 Å². The van der Waals surface area contributed by atoms with E-state index in [-0.39, 0.29) is 6.71 Å². The fraction of sp³-hybridized carbons (Fsp3) is 0.125.